The van der Waals surface area contributed by atoms with Crippen LogP contribution in [0.25, 0.3) is 0 Å². The van der Waals surface area contributed by atoms with E-state index < -0.39 is 43.1 Å². The number of alkyl halides is 3. The molecule has 3 atom stereocenters. The largest absolute Gasteiger partial charge is 0.481 e. The number of carboxylic acids is 1. The number of carbonyl (C=O) groups is 2. The monoisotopic (exact) mass is 340 g/mol. The quantitative estimate of drug-likeness (QED) is 0.744. The van der Waals surface area contributed by atoms with E-state index in [2.05, 4.69) is 5.32 Å². The van der Waals surface area contributed by atoms with Crippen LogP contribution in [0.15, 0.2) is 0 Å². The first-order valence-corrected chi connectivity index (χ1v) is 7.54. The van der Waals surface area contributed by atoms with E-state index in [1.807, 2.05) is 6.92 Å². The summed E-state index contributed by atoms with van der Waals surface area (Å²) >= 11 is 0. The van der Waals surface area contributed by atoms with Gasteiger partial charge in [-0.1, -0.05) is 19.8 Å². The molecular weight excluding hydrogens is 317 g/mol. The lowest BCUT2D eigenvalue weighted by Gasteiger charge is -2.23. The molecular formula is C14H23F3N2O4. The van der Waals surface area contributed by atoms with Crippen LogP contribution in [-0.4, -0.2) is 61.0 Å². The van der Waals surface area contributed by atoms with E-state index in [0.29, 0.717) is 6.42 Å². The molecule has 1 unspecified atom stereocenters. The lowest BCUT2D eigenvalue weighted by Crippen LogP contribution is -2.46. The summed E-state index contributed by atoms with van der Waals surface area (Å²) in [6.07, 6.45) is -2.24. The van der Waals surface area contributed by atoms with Crippen molar-refractivity contribution in [3.8, 4) is 0 Å². The Hall–Kier alpha value is -1.51. The van der Waals surface area contributed by atoms with E-state index in [0.717, 1.165) is 17.7 Å². The summed E-state index contributed by atoms with van der Waals surface area (Å²) < 4.78 is 43.7. The van der Waals surface area contributed by atoms with Crippen LogP contribution < -0.4 is 5.32 Å². The lowest BCUT2D eigenvalue weighted by atomic mass is 9.96. The van der Waals surface area contributed by atoms with Gasteiger partial charge in [0.15, 0.2) is 0 Å². The molecule has 0 aromatic heterocycles. The maximum atomic E-state index is 12.9. The van der Waals surface area contributed by atoms with Gasteiger partial charge in [0.1, 0.15) is 0 Å². The Bertz CT molecular complexity index is 417. The van der Waals surface area contributed by atoms with Gasteiger partial charge in [-0.05, 0) is 6.42 Å². The van der Waals surface area contributed by atoms with Gasteiger partial charge in [0.2, 0.25) is 0 Å². The molecule has 134 valence electrons. The van der Waals surface area contributed by atoms with E-state index in [9.17, 15) is 22.8 Å². The first kappa shape index (κ1) is 19.5. The van der Waals surface area contributed by atoms with Gasteiger partial charge in [0.05, 0.1) is 24.5 Å². The Morgan fingerprint density at radius 1 is 1.39 bits per heavy atom. The van der Waals surface area contributed by atoms with Crippen molar-refractivity contribution in [1.29, 1.82) is 0 Å². The van der Waals surface area contributed by atoms with Crippen LogP contribution in [0.1, 0.15) is 26.2 Å². The molecule has 1 aliphatic rings. The molecule has 1 rings (SSSR count). The van der Waals surface area contributed by atoms with Crippen LogP contribution in [-0.2, 0) is 9.53 Å². The number of urea groups is 1. The average Bonchev–Trinajstić information content (AvgIpc) is 2.90. The minimum atomic E-state index is -4.65. The third-order valence-electron chi connectivity index (χ3n) is 3.95. The number of nitrogens with one attached hydrogen (secondary N) is 1. The minimum absolute atomic E-state index is 0.255. The number of hydrogen-bond donors (Lipinski definition) is 2. The molecule has 1 aliphatic heterocycles. The van der Waals surface area contributed by atoms with Crippen molar-refractivity contribution in [3.05, 3.63) is 0 Å². The molecule has 0 aliphatic carbocycles. The molecule has 0 aromatic carbocycles. The predicted molar refractivity (Wildman–Crippen MR) is 76.0 cm³/mol. The fraction of sp³-hybridized carbons (Fsp3) is 0.857. The molecule has 0 aromatic rings. The smallest absolute Gasteiger partial charge is 0.394 e. The third-order valence-corrected chi connectivity index (χ3v) is 3.95. The first-order chi connectivity index (χ1) is 10.7. The number of unbranched alkanes of at least 4 members (excludes halogenated alkanes) is 1. The SMILES string of the molecule is CCCCC(COC)NC(=O)N1C[C@@H](C(F)(F)F)[C@H](C(=O)O)C1. The summed E-state index contributed by atoms with van der Waals surface area (Å²) in [5.74, 6) is -5.21. The van der Waals surface area contributed by atoms with Crippen molar-refractivity contribution in [2.75, 3.05) is 26.8 Å². The summed E-state index contributed by atoms with van der Waals surface area (Å²) in [5, 5.41) is 11.6. The summed E-state index contributed by atoms with van der Waals surface area (Å²) in [4.78, 5) is 24.1. The van der Waals surface area contributed by atoms with Crippen molar-refractivity contribution in [1.82, 2.24) is 10.2 Å². The van der Waals surface area contributed by atoms with Crippen LogP contribution in [0, 0.1) is 11.8 Å². The molecule has 0 bridgehead atoms. The number of ether oxygens (including phenoxy) is 1. The fourth-order valence-corrected chi connectivity index (χ4v) is 2.67. The van der Waals surface area contributed by atoms with Gasteiger partial charge < -0.3 is 20.1 Å². The number of aliphatic carboxylic acids is 1. The van der Waals surface area contributed by atoms with Crippen LogP contribution >= 0.6 is 0 Å². The van der Waals surface area contributed by atoms with Gasteiger partial charge in [-0.15, -0.1) is 0 Å². The predicted octanol–water partition coefficient (Wildman–Crippen LogP) is 2.10. The lowest BCUT2D eigenvalue weighted by molar-refractivity contribution is -0.187. The van der Waals surface area contributed by atoms with Crippen LogP contribution in [0.3, 0.4) is 0 Å². The molecule has 2 amide bonds. The third kappa shape index (κ3) is 5.56. The standard InChI is InChI=1S/C14H23F3N2O4/c1-3-4-5-9(8-23-2)18-13(22)19-6-10(12(20)21)11(7-19)14(15,16)17/h9-11H,3-8H2,1-2H3,(H,18,22)(H,20,21)/t9?,10-,11-/m1/s1. The van der Waals surface area contributed by atoms with Crippen molar-refractivity contribution in [2.24, 2.45) is 11.8 Å². The Labute approximate surface area is 133 Å². The molecule has 1 saturated heterocycles. The number of amides is 2. The van der Waals surface area contributed by atoms with Gasteiger partial charge >= 0.3 is 18.2 Å². The Morgan fingerprint density at radius 3 is 2.48 bits per heavy atom. The van der Waals surface area contributed by atoms with E-state index >= 15 is 0 Å². The Morgan fingerprint density at radius 2 is 2.04 bits per heavy atom. The highest BCUT2D eigenvalue weighted by Crippen LogP contribution is 2.37. The number of rotatable bonds is 7. The van der Waals surface area contributed by atoms with Crippen molar-refractivity contribution in [3.63, 3.8) is 0 Å². The van der Waals surface area contributed by atoms with E-state index in [4.69, 9.17) is 9.84 Å². The highest BCUT2D eigenvalue weighted by Gasteiger charge is 2.53. The van der Waals surface area contributed by atoms with E-state index in [-0.39, 0.29) is 12.6 Å². The van der Waals surface area contributed by atoms with Gasteiger partial charge in [-0.3, -0.25) is 4.79 Å². The van der Waals surface area contributed by atoms with Crippen LogP contribution in [0.5, 0.6) is 0 Å². The molecule has 0 radical (unpaired) electrons. The number of likely N-dealkylation sites (tertiary alicyclic amines) is 1. The highest BCUT2D eigenvalue weighted by molar-refractivity contribution is 5.78. The molecule has 0 spiro atoms. The first-order valence-electron chi connectivity index (χ1n) is 7.54. The summed E-state index contributed by atoms with van der Waals surface area (Å²) in [5.41, 5.74) is 0. The summed E-state index contributed by atoms with van der Waals surface area (Å²) in [6.45, 7) is 1.15. The second kappa shape index (κ2) is 8.37. The average molecular weight is 340 g/mol. The molecule has 6 nitrogen and oxygen atoms in total. The molecule has 1 fully saturated rings. The number of hydrogen-bond acceptors (Lipinski definition) is 3. The molecule has 23 heavy (non-hydrogen) atoms. The maximum Gasteiger partial charge on any atom is 0.394 e. The number of methoxy groups -OCH3 is 1. The number of carboxylic acid groups (broad SMARTS) is 1. The number of nitrogens with zero attached hydrogens (tertiary/aromatic N) is 1. The zero-order valence-electron chi connectivity index (χ0n) is 13.2. The van der Waals surface area contributed by atoms with Gasteiger partial charge in [-0.25, -0.2) is 4.79 Å². The van der Waals surface area contributed by atoms with Crippen molar-refractivity contribution < 1.29 is 32.6 Å². The summed E-state index contributed by atoms with van der Waals surface area (Å²) in [7, 11) is 1.47. The molecule has 2 N–H and O–H groups in total. The number of carbonyl (C=O) groups excluding carboxylic acids is 1. The van der Waals surface area contributed by atoms with E-state index in [1.165, 1.54) is 7.11 Å². The van der Waals surface area contributed by atoms with Gasteiger partial charge in [0.25, 0.3) is 0 Å². The number of halogens is 3. The Balaban J connectivity index is 2.70. The maximum absolute atomic E-state index is 12.9. The minimum Gasteiger partial charge on any atom is -0.481 e. The van der Waals surface area contributed by atoms with Crippen LogP contribution in [0.4, 0.5) is 18.0 Å². The summed E-state index contributed by atoms with van der Waals surface area (Å²) in [6, 6.07) is -0.984. The van der Waals surface area contributed by atoms with Gasteiger partial charge in [0, 0.05) is 20.2 Å². The zero-order chi connectivity index (χ0) is 17.6. The van der Waals surface area contributed by atoms with Gasteiger partial charge in [-0.2, -0.15) is 13.2 Å². The normalized spacial score (nSPS) is 22.9. The fourth-order valence-electron chi connectivity index (χ4n) is 2.67. The topological polar surface area (TPSA) is 78.9 Å². The second-order valence-corrected chi connectivity index (χ2v) is 5.74. The van der Waals surface area contributed by atoms with Crippen molar-refractivity contribution in [2.45, 2.75) is 38.4 Å². The zero-order valence-corrected chi connectivity index (χ0v) is 13.2. The Kier molecular flexibility index (Phi) is 7.11. The van der Waals surface area contributed by atoms with Crippen LogP contribution in [0.2, 0.25) is 0 Å². The highest BCUT2D eigenvalue weighted by atomic mass is 19.4. The second-order valence-electron chi connectivity index (χ2n) is 5.74. The van der Waals surface area contributed by atoms with Crippen molar-refractivity contribution >= 4 is 12.0 Å². The molecule has 1 heterocycles. The van der Waals surface area contributed by atoms with E-state index in [1.54, 1.807) is 0 Å². The molecule has 0 saturated carbocycles. The molecule has 9 heteroatoms.